The first-order chi connectivity index (χ1) is 17.1. The Kier molecular flexibility index (Phi) is 6.06. The first-order valence-electron chi connectivity index (χ1n) is 10.7. The molecule has 5 rings (SSSR count). The Morgan fingerprint density at radius 3 is 2.50 bits per heavy atom. The average molecular weight is 528 g/mol. The molecule has 4 nitrogen and oxygen atoms in total. The van der Waals surface area contributed by atoms with Gasteiger partial charge in [0.15, 0.2) is 0 Å². The largest absolute Gasteiger partial charge is 0.573 e. The number of amides is 1. The Labute approximate surface area is 213 Å². The van der Waals surface area contributed by atoms with Crippen LogP contribution < -0.4 is 10.5 Å². The van der Waals surface area contributed by atoms with Crippen LogP contribution in [0.3, 0.4) is 0 Å². The maximum atomic E-state index is 13.0. The van der Waals surface area contributed by atoms with Crippen LogP contribution in [0.25, 0.3) is 32.9 Å². The van der Waals surface area contributed by atoms with Crippen LogP contribution in [0.1, 0.15) is 15.9 Å². The minimum Gasteiger partial charge on any atom is -0.405 e. The third kappa shape index (κ3) is 4.47. The minimum absolute atomic E-state index is 0.0279. The number of alkyl halides is 3. The van der Waals surface area contributed by atoms with E-state index in [2.05, 4.69) is 10.8 Å². The number of hydrogen-bond donors (Lipinski definition) is 1. The van der Waals surface area contributed by atoms with E-state index in [4.69, 9.17) is 28.9 Å². The second-order valence-corrected chi connectivity index (χ2v) is 8.92. The molecule has 9 heteroatoms. The number of ether oxygens (including phenoxy) is 1. The van der Waals surface area contributed by atoms with Crippen LogP contribution >= 0.6 is 23.2 Å². The van der Waals surface area contributed by atoms with Crippen LogP contribution in [0.4, 0.5) is 13.2 Å². The van der Waals surface area contributed by atoms with Crippen molar-refractivity contribution in [2.24, 2.45) is 5.73 Å². The maximum Gasteiger partial charge on any atom is 0.573 e. The molecule has 0 atom stereocenters. The molecule has 0 aliphatic carbocycles. The number of benzene rings is 4. The van der Waals surface area contributed by atoms with Crippen molar-refractivity contribution < 1.29 is 22.7 Å². The number of hydrogen-bond acceptors (Lipinski definition) is 2. The lowest BCUT2D eigenvalue weighted by Gasteiger charge is -2.15. The Morgan fingerprint density at radius 2 is 1.78 bits per heavy atom. The van der Waals surface area contributed by atoms with Crippen molar-refractivity contribution in [2.45, 2.75) is 12.9 Å². The zero-order valence-corrected chi connectivity index (χ0v) is 19.9. The number of aromatic nitrogens is 1. The molecule has 181 valence electrons. The second-order valence-electron chi connectivity index (χ2n) is 8.08. The quantitative estimate of drug-likeness (QED) is 0.255. The van der Waals surface area contributed by atoms with Crippen molar-refractivity contribution in [1.82, 2.24) is 4.57 Å². The number of para-hydroxylation sites is 1. The maximum absolute atomic E-state index is 13.0. The van der Waals surface area contributed by atoms with Crippen LogP contribution in [0, 0.1) is 6.07 Å². The topological polar surface area (TPSA) is 57.2 Å². The summed E-state index contributed by atoms with van der Waals surface area (Å²) in [5.74, 6) is -0.939. The Hall–Kier alpha value is -3.68. The third-order valence-corrected chi connectivity index (χ3v) is 6.38. The molecule has 0 bridgehead atoms. The molecule has 1 aromatic heterocycles. The summed E-state index contributed by atoms with van der Waals surface area (Å²) >= 11 is 12.5. The van der Waals surface area contributed by atoms with E-state index in [1.54, 1.807) is 59.2 Å². The van der Waals surface area contributed by atoms with Gasteiger partial charge in [-0.25, -0.2) is 0 Å². The van der Waals surface area contributed by atoms with Crippen molar-refractivity contribution in [3.8, 4) is 16.9 Å². The molecule has 0 saturated carbocycles. The fourth-order valence-electron chi connectivity index (χ4n) is 4.34. The van der Waals surface area contributed by atoms with Gasteiger partial charge in [0.25, 0.3) is 0 Å². The molecule has 1 radical (unpaired) electrons. The summed E-state index contributed by atoms with van der Waals surface area (Å²) in [5.41, 5.74) is 8.88. The highest BCUT2D eigenvalue weighted by Crippen LogP contribution is 2.38. The normalized spacial score (nSPS) is 11.8. The molecule has 1 heterocycles. The molecular formula is C27H16Cl2F3N2O2. The van der Waals surface area contributed by atoms with Gasteiger partial charge < -0.3 is 15.0 Å². The van der Waals surface area contributed by atoms with Crippen LogP contribution in [-0.2, 0) is 6.54 Å². The monoisotopic (exact) mass is 527 g/mol. The van der Waals surface area contributed by atoms with E-state index < -0.39 is 12.3 Å². The first kappa shape index (κ1) is 24.0. The minimum atomic E-state index is -4.84. The molecule has 0 aliphatic rings. The van der Waals surface area contributed by atoms with Gasteiger partial charge in [-0.15, -0.1) is 13.2 Å². The predicted molar refractivity (Wildman–Crippen MR) is 134 cm³/mol. The van der Waals surface area contributed by atoms with Crippen LogP contribution in [0.15, 0.2) is 72.8 Å². The van der Waals surface area contributed by atoms with E-state index in [0.29, 0.717) is 48.5 Å². The van der Waals surface area contributed by atoms with Gasteiger partial charge in [0.05, 0.1) is 17.6 Å². The van der Waals surface area contributed by atoms with Gasteiger partial charge in [-0.2, -0.15) is 0 Å². The molecule has 4 aromatic carbocycles. The molecule has 0 spiro atoms. The number of halogens is 5. The summed E-state index contributed by atoms with van der Waals surface area (Å²) in [6, 6.07) is 22.9. The number of fused-ring (bicyclic) bond motifs is 3. The lowest BCUT2D eigenvalue weighted by atomic mass is 10.0. The Balaban J connectivity index is 1.77. The second kappa shape index (κ2) is 9.08. The molecule has 0 saturated heterocycles. The molecule has 36 heavy (non-hydrogen) atoms. The Morgan fingerprint density at radius 1 is 1.00 bits per heavy atom. The standard InChI is InChI=1S/C27H16Cl2F3N2O2/c28-17-9-11-18(21(29)13-17)15-8-10-19-23(12-15)34(22-6-3-5-20(25(19)22)26(33)35)14-16-4-1-2-7-24(16)36-27(30,31)32/h1-9,11-13H,14H2,(H2,33,35). The zero-order valence-electron chi connectivity index (χ0n) is 18.4. The van der Waals surface area contributed by atoms with Gasteiger partial charge in [0.1, 0.15) is 5.75 Å². The molecule has 5 aromatic rings. The number of rotatable bonds is 5. The van der Waals surface area contributed by atoms with E-state index in [1.807, 2.05) is 6.07 Å². The number of primary amides is 1. The molecule has 2 N–H and O–H groups in total. The predicted octanol–water partition coefficient (Wildman–Crippen LogP) is 7.61. The number of nitrogens with two attached hydrogens (primary N) is 1. The highest BCUT2D eigenvalue weighted by molar-refractivity contribution is 6.36. The fraction of sp³-hybridized carbons (Fsp3) is 0.0741. The van der Waals surface area contributed by atoms with Crippen molar-refractivity contribution in [3.63, 3.8) is 0 Å². The average Bonchev–Trinajstić information content (AvgIpc) is 3.12. The van der Waals surface area contributed by atoms with E-state index in [-0.39, 0.29) is 17.9 Å². The van der Waals surface area contributed by atoms with Gasteiger partial charge in [-0.05, 0) is 54.1 Å². The van der Waals surface area contributed by atoms with Gasteiger partial charge in [-0.1, -0.05) is 53.5 Å². The van der Waals surface area contributed by atoms with Crippen molar-refractivity contribution in [2.75, 3.05) is 0 Å². The van der Waals surface area contributed by atoms with Gasteiger partial charge in [0, 0.05) is 37.5 Å². The summed E-state index contributed by atoms with van der Waals surface area (Å²) in [7, 11) is 0. The molecule has 0 unspecified atom stereocenters. The van der Waals surface area contributed by atoms with Crippen LogP contribution in [-0.4, -0.2) is 16.8 Å². The molecular weight excluding hydrogens is 512 g/mol. The Bertz CT molecular complexity index is 1640. The number of carbonyl (C=O) groups is 1. The highest BCUT2D eigenvalue weighted by Gasteiger charge is 2.32. The van der Waals surface area contributed by atoms with Crippen LogP contribution in [0.5, 0.6) is 5.75 Å². The smallest absolute Gasteiger partial charge is 0.405 e. The summed E-state index contributed by atoms with van der Waals surface area (Å²) in [4.78, 5) is 12.2. The first-order valence-corrected chi connectivity index (χ1v) is 11.4. The van der Waals surface area contributed by atoms with E-state index in [9.17, 15) is 18.0 Å². The number of carbonyl (C=O) groups excluding carboxylic acids is 1. The van der Waals surface area contributed by atoms with Crippen molar-refractivity contribution in [3.05, 3.63) is 100 Å². The molecule has 1 amide bonds. The summed E-state index contributed by atoms with van der Waals surface area (Å²) < 4.78 is 45.2. The third-order valence-electron chi connectivity index (χ3n) is 5.83. The number of nitrogens with zero attached hydrogens (tertiary/aromatic N) is 1. The molecule has 0 aliphatic heterocycles. The lowest BCUT2D eigenvalue weighted by Crippen LogP contribution is -2.18. The highest BCUT2D eigenvalue weighted by atomic mass is 35.5. The molecule has 0 fully saturated rings. The van der Waals surface area contributed by atoms with Crippen LogP contribution in [0.2, 0.25) is 10.0 Å². The summed E-state index contributed by atoms with van der Waals surface area (Å²) in [6.07, 6.45) is -4.84. The zero-order chi connectivity index (χ0) is 25.6. The van der Waals surface area contributed by atoms with Crippen molar-refractivity contribution in [1.29, 1.82) is 0 Å². The summed E-state index contributed by atoms with van der Waals surface area (Å²) in [6.45, 7) is 0.0279. The van der Waals surface area contributed by atoms with E-state index in [1.165, 1.54) is 12.1 Å². The lowest BCUT2D eigenvalue weighted by molar-refractivity contribution is -0.274. The van der Waals surface area contributed by atoms with Gasteiger partial charge in [-0.3, -0.25) is 4.79 Å². The van der Waals surface area contributed by atoms with Gasteiger partial charge in [0.2, 0.25) is 5.91 Å². The van der Waals surface area contributed by atoms with Crippen molar-refractivity contribution >= 4 is 50.9 Å². The SMILES string of the molecule is NC(=O)c1cccc2c1c1[c]cc(-c3ccc(Cl)cc3Cl)cc1n2Cc1ccccc1OC(F)(F)F. The van der Waals surface area contributed by atoms with E-state index in [0.717, 1.165) is 0 Å². The fourth-order valence-corrected chi connectivity index (χ4v) is 4.86. The summed E-state index contributed by atoms with van der Waals surface area (Å²) in [5, 5.41) is 2.07. The van der Waals surface area contributed by atoms with Gasteiger partial charge >= 0.3 is 6.36 Å². The van der Waals surface area contributed by atoms with E-state index >= 15 is 0 Å².